The van der Waals surface area contributed by atoms with Crippen LogP contribution in [0.1, 0.15) is 19.1 Å². The first-order valence-corrected chi connectivity index (χ1v) is 5.21. The third kappa shape index (κ3) is 2.30. The summed E-state index contributed by atoms with van der Waals surface area (Å²) in [7, 11) is 1.78. The zero-order chi connectivity index (χ0) is 10.7. The predicted molar refractivity (Wildman–Crippen MR) is 59.6 cm³/mol. The summed E-state index contributed by atoms with van der Waals surface area (Å²) in [6, 6.07) is 3.86. The zero-order valence-electron chi connectivity index (χ0n) is 9.25. The molecule has 1 fully saturated rings. The Labute approximate surface area is 90.1 Å². The van der Waals surface area contributed by atoms with E-state index in [0.29, 0.717) is 0 Å². The van der Waals surface area contributed by atoms with E-state index in [4.69, 9.17) is 9.15 Å². The van der Waals surface area contributed by atoms with Gasteiger partial charge in [-0.25, -0.2) is 0 Å². The number of methoxy groups -OCH3 is 1. The largest absolute Gasteiger partial charge is 0.465 e. The lowest BCUT2D eigenvalue weighted by Gasteiger charge is -2.41. The number of nitrogens with one attached hydrogen (secondary N) is 1. The van der Waals surface area contributed by atoms with Gasteiger partial charge in [0.15, 0.2) is 0 Å². The second kappa shape index (κ2) is 4.21. The Kier molecular flexibility index (Phi) is 2.93. The van der Waals surface area contributed by atoms with Gasteiger partial charge in [-0.1, -0.05) is 5.57 Å². The van der Waals surface area contributed by atoms with E-state index in [1.807, 2.05) is 12.1 Å². The van der Waals surface area contributed by atoms with E-state index < -0.39 is 0 Å². The first-order chi connectivity index (χ1) is 7.24. The summed E-state index contributed by atoms with van der Waals surface area (Å²) in [6.07, 6.45) is 4.71. The van der Waals surface area contributed by atoms with E-state index in [-0.39, 0.29) is 5.60 Å². The minimum atomic E-state index is 0.00712. The molecule has 15 heavy (non-hydrogen) atoms. The fourth-order valence-corrected chi connectivity index (χ4v) is 1.92. The van der Waals surface area contributed by atoms with Crippen LogP contribution in [0.3, 0.4) is 0 Å². The molecule has 3 heteroatoms. The molecule has 1 aliphatic rings. The van der Waals surface area contributed by atoms with E-state index in [2.05, 4.69) is 18.3 Å². The van der Waals surface area contributed by atoms with Crippen molar-refractivity contribution >= 4 is 6.08 Å². The second-order valence-corrected chi connectivity index (χ2v) is 4.17. The smallest absolute Gasteiger partial charge is 0.126 e. The Bertz CT molecular complexity index is 331. The molecule has 0 aromatic carbocycles. The lowest BCUT2D eigenvalue weighted by atomic mass is 9.89. The summed E-state index contributed by atoms with van der Waals surface area (Å²) in [5.41, 5.74) is 1.29. The lowest BCUT2D eigenvalue weighted by molar-refractivity contribution is -0.0499. The van der Waals surface area contributed by atoms with Crippen LogP contribution in [0, 0.1) is 0 Å². The highest BCUT2D eigenvalue weighted by molar-refractivity contribution is 5.46. The molecule has 1 aromatic rings. The van der Waals surface area contributed by atoms with Crippen LogP contribution in [-0.4, -0.2) is 25.8 Å². The standard InChI is InChI=1S/C12H17NO2/c1-10(6-11-4-3-5-15-11)7-12(14-2)8-13-9-12/h3-6,13H,7-9H2,1-2H3/b10-6+. The van der Waals surface area contributed by atoms with Crippen LogP contribution in [0.5, 0.6) is 0 Å². The average Bonchev–Trinajstić information content (AvgIpc) is 2.64. The molecule has 3 nitrogen and oxygen atoms in total. The zero-order valence-corrected chi connectivity index (χ0v) is 9.25. The Morgan fingerprint density at radius 2 is 2.47 bits per heavy atom. The summed E-state index contributed by atoms with van der Waals surface area (Å²) in [6.45, 7) is 3.99. The third-order valence-corrected chi connectivity index (χ3v) is 2.86. The molecule has 1 saturated heterocycles. The minimum Gasteiger partial charge on any atom is -0.465 e. The van der Waals surface area contributed by atoms with Crippen molar-refractivity contribution in [1.29, 1.82) is 0 Å². The SMILES string of the molecule is COC1(C/C(C)=C/c2ccco2)CNC1. The van der Waals surface area contributed by atoms with E-state index in [1.54, 1.807) is 13.4 Å². The summed E-state index contributed by atoms with van der Waals surface area (Å²) >= 11 is 0. The third-order valence-electron chi connectivity index (χ3n) is 2.86. The molecule has 2 rings (SSSR count). The predicted octanol–water partition coefficient (Wildman–Crippen LogP) is 2.06. The summed E-state index contributed by atoms with van der Waals surface area (Å²) in [5.74, 6) is 0.908. The molecule has 1 N–H and O–H groups in total. The van der Waals surface area contributed by atoms with E-state index >= 15 is 0 Å². The Morgan fingerprint density at radius 1 is 1.67 bits per heavy atom. The highest BCUT2D eigenvalue weighted by Crippen LogP contribution is 2.25. The molecule has 1 aromatic heterocycles. The molecule has 2 heterocycles. The van der Waals surface area contributed by atoms with Crippen molar-refractivity contribution < 1.29 is 9.15 Å². The molecule has 0 bridgehead atoms. The number of hydrogen-bond acceptors (Lipinski definition) is 3. The summed E-state index contributed by atoms with van der Waals surface area (Å²) < 4.78 is 10.8. The highest BCUT2D eigenvalue weighted by Gasteiger charge is 2.36. The monoisotopic (exact) mass is 207 g/mol. The van der Waals surface area contributed by atoms with E-state index in [9.17, 15) is 0 Å². The summed E-state index contributed by atoms with van der Waals surface area (Å²) in [4.78, 5) is 0. The summed E-state index contributed by atoms with van der Waals surface area (Å²) in [5, 5.41) is 3.24. The van der Waals surface area contributed by atoms with Crippen LogP contribution in [0.4, 0.5) is 0 Å². The minimum absolute atomic E-state index is 0.00712. The van der Waals surface area contributed by atoms with Crippen LogP contribution < -0.4 is 5.32 Å². The topological polar surface area (TPSA) is 34.4 Å². The molecular weight excluding hydrogens is 190 g/mol. The molecule has 0 atom stereocenters. The number of ether oxygens (including phenoxy) is 1. The van der Waals surface area contributed by atoms with Gasteiger partial charge in [-0.05, 0) is 25.1 Å². The molecule has 1 aliphatic heterocycles. The second-order valence-electron chi connectivity index (χ2n) is 4.17. The maximum atomic E-state index is 5.53. The van der Waals surface area contributed by atoms with Crippen molar-refractivity contribution in [2.75, 3.05) is 20.2 Å². The number of rotatable bonds is 4. The van der Waals surface area contributed by atoms with Crippen LogP contribution in [0.15, 0.2) is 28.4 Å². The first-order valence-electron chi connectivity index (χ1n) is 5.21. The van der Waals surface area contributed by atoms with Gasteiger partial charge in [0.1, 0.15) is 5.76 Å². The van der Waals surface area contributed by atoms with Gasteiger partial charge in [-0.2, -0.15) is 0 Å². The highest BCUT2D eigenvalue weighted by atomic mass is 16.5. The Morgan fingerprint density at radius 3 is 2.93 bits per heavy atom. The molecule has 0 saturated carbocycles. The van der Waals surface area contributed by atoms with Crippen molar-refractivity contribution in [3.05, 3.63) is 29.7 Å². The normalized spacial score (nSPS) is 20.0. The van der Waals surface area contributed by atoms with Crippen LogP contribution in [0.2, 0.25) is 0 Å². The Hall–Kier alpha value is -1.06. The van der Waals surface area contributed by atoms with Gasteiger partial charge in [0.2, 0.25) is 0 Å². The number of hydrogen-bond donors (Lipinski definition) is 1. The quantitative estimate of drug-likeness (QED) is 0.820. The van der Waals surface area contributed by atoms with Crippen LogP contribution >= 0.6 is 0 Å². The number of furan rings is 1. The van der Waals surface area contributed by atoms with Crippen LogP contribution in [0.25, 0.3) is 6.08 Å². The molecule has 0 amide bonds. The van der Waals surface area contributed by atoms with E-state index in [0.717, 1.165) is 25.3 Å². The molecule has 0 aliphatic carbocycles. The van der Waals surface area contributed by atoms with Crippen molar-refractivity contribution in [3.8, 4) is 0 Å². The van der Waals surface area contributed by atoms with Crippen molar-refractivity contribution in [2.24, 2.45) is 0 Å². The Balaban J connectivity index is 1.99. The fraction of sp³-hybridized carbons (Fsp3) is 0.500. The molecule has 0 spiro atoms. The fourth-order valence-electron chi connectivity index (χ4n) is 1.92. The van der Waals surface area contributed by atoms with Gasteiger partial charge < -0.3 is 14.5 Å². The van der Waals surface area contributed by atoms with Gasteiger partial charge in [-0.15, -0.1) is 0 Å². The van der Waals surface area contributed by atoms with Crippen molar-refractivity contribution in [3.63, 3.8) is 0 Å². The van der Waals surface area contributed by atoms with Gasteiger partial charge in [0.05, 0.1) is 11.9 Å². The average molecular weight is 207 g/mol. The van der Waals surface area contributed by atoms with Crippen molar-refractivity contribution in [2.45, 2.75) is 18.9 Å². The maximum absolute atomic E-state index is 5.53. The van der Waals surface area contributed by atoms with Crippen molar-refractivity contribution in [1.82, 2.24) is 5.32 Å². The first kappa shape index (κ1) is 10.5. The lowest BCUT2D eigenvalue weighted by Crippen LogP contribution is -2.60. The molecule has 0 unspecified atom stereocenters. The van der Waals surface area contributed by atoms with Gasteiger partial charge in [-0.3, -0.25) is 0 Å². The van der Waals surface area contributed by atoms with E-state index in [1.165, 1.54) is 5.57 Å². The molecule has 0 radical (unpaired) electrons. The van der Waals surface area contributed by atoms with Gasteiger partial charge >= 0.3 is 0 Å². The van der Waals surface area contributed by atoms with Gasteiger partial charge in [0, 0.05) is 26.6 Å². The molecular formula is C12H17NO2. The maximum Gasteiger partial charge on any atom is 0.126 e. The van der Waals surface area contributed by atoms with Crippen LogP contribution in [-0.2, 0) is 4.74 Å². The van der Waals surface area contributed by atoms with Gasteiger partial charge in [0.25, 0.3) is 0 Å². The molecule has 82 valence electrons.